The highest BCUT2D eigenvalue weighted by Crippen LogP contribution is 2.17. The Morgan fingerprint density at radius 1 is 1.17 bits per heavy atom. The standard InChI is InChI=1S/C15H20N2S/c1-15(2,3)17-11-13-10-16-14(18-13)9-12-7-5-4-6-8-12/h4-8,10,17H,9,11H2,1-3H3. The highest BCUT2D eigenvalue weighted by Gasteiger charge is 2.10. The summed E-state index contributed by atoms with van der Waals surface area (Å²) in [4.78, 5) is 5.79. The van der Waals surface area contributed by atoms with Crippen LogP contribution in [-0.2, 0) is 13.0 Å². The van der Waals surface area contributed by atoms with Gasteiger partial charge in [0.05, 0.1) is 5.01 Å². The summed E-state index contributed by atoms with van der Waals surface area (Å²) in [5.74, 6) is 0. The molecular weight excluding hydrogens is 240 g/mol. The van der Waals surface area contributed by atoms with Crippen LogP contribution < -0.4 is 5.32 Å². The van der Waals surface area contributed by atoms with Crippen LogP contribution in [0.4, 0.5) is 0 Å². The van der Waals surface area contributed by atoms with Crippen LogP contribution in [0.1, 0.15) is 36.2 Å². The number of aromatic nitrogens is 1. The molecule has 2 aromatic rings. The monoisotopic (exact) mass is 260 g/mol. The zero-order chi connectivity index (χ0) is 13.0. The van der Waals surface area contributed by atoms with E-state index in [0.717, 1.165) is 13.0 Å². The molecule has 1 aromatic heterocycles. The molecule has 0 aliphatic heterocycles. The Hall–Kier alpha value is -1.19. The molecule has 0 atom stereocenters. The van der Waals surface area contributed by atoms with Gasteiger partial charge < -0.3 is 5.32 Å². The molecule has 0 saturated heterocycles. The van der Waals surface area contributed by atoms with E-state index in [0.29, 0.717) is 0 Å². The van der Waals surface area contributed by atoms with Crippen molar-refractivity contribution in [3.8, 4) is 0 Å². The smallest absolute Gasteiger partial charge is 0.0971 e. The van der Waals surface area contributed by atoms with Gasteiger partial charge in [-0.05, 0) is 26.3 Å². The van der Waals surface area contributed by atoms with Crippen LogP contribution in [0, 0.1) is 0 Å². The van der Waals surface area contributed by atoms with Gasteiger partial charge in [0.15, 0.2) is 0 Å². The summed E-state index contributed by atoms with van der Waals surface area (Å²) in [5.41, 5.74) is 1.48. The first-order chi connectivity index (χ1) is 8.53. The molecule has 0 unspecified atom stereocenters. The summed E-state index contributed by atoms with van der Waals surface area (Å²) < 4.78 is 0. The first-order valence-electron chi connectivity index (χ1n) is 6.25. The number of rotatable bonds is 4. The van der Waals surface area contributed by atoms with E-state index < -0.39 is 0 Å². The summed E-state index contributed by atoms with van der Waals surface area (Å²) in [5, 5.41) is 4.67. The van der Waals surface area contributed by atoms with E-state index in [1.165, 1.54) is 15.4 Å². The van der Waals surface area contributed by atoms with Gasteiger partial charge in [0.1, 0.15) is 0 Å². The number of nitrogens with one attached hydrogen (secondary N) is 1. The Morgan fingerprint density at radius 3 is 2.56 bits per heavy atom. The molecule has 1 aromatic carbocycles. The molecular formula is C15H20N2S. The highest BCUT2D eigenvalue weighted by molar-refractivity contribution is 7.11. The molecule has 0 aliphatic rings. The molecule has 0 amide bonds. The molecule has 0 bridgehead atoms. The van der Waals surface area contributed by atoms with Crippen molar-refractivity contribution in [2.45, 2.75) is 39.3 Å². The second-order valence-corrected chi connectivity index (χ2v) is 6.69. The van der Waals surface area contributed by atoms with E-state index in [9.17, 15) is 0 Å². The van der Waals surface area contributed by atoms with E-state index in [-0.39, 0.29) is 5.54 Å². The second-order valence-electron chi connectivity index (χ2n) is 5.49. The molecule has 2 nitrogen and oxygen atoms in total. The van der Waals surface area contributed by atoms with Gasteiger partial charge in [-0.25, -0.2) is 4.98 Å². The third-order valence-corrected chi connectivity index (χ3v) is 3.59. The number of hydrogen-bond acceptors (Lipinski definition) is 3. The maximum Gasteiger partial charge on any atom is 0.0971 e. The quantitative estimate of drug-likeness (QED) is 0.908. The van der Waals surface area contributed by atoms with Crippen LogP contribution in [0.3, 0.4) is 0 Å². The van der Waals surface area contributed by atoms with Crippen LogP contribution in [0.15, 0.2) is 36.5 Å². The lowest BCUT2D eigenvalue weighted by Crippen LogP contribution is -2.34. The Labute approximate surface area is 113 Å². The fraction of sp³-hybridized carbons (Fsp3) is 0.400. The van der Waals surface area contributed by atoms with E-state index in [2.05, 4.69) is 55.3 Å². The molecule has 0 fully saturated rings. The zero-order valence-electron chi connectivity index (χ0n) is 11.2. The number of thiazole rings is 1. The van der Waals surface area contributed by atoms with E-state index in [1.807, 2.05) is 12.3 Å². The molecule has 96 valence electrons. The fourth-order valence-corrected chi connectivity index (χ4v) is 2.53. The summed E-state index contributed by atoms with van der Waals surface area (Å²) in [7, 11) is 0. The SMILES string of the molecule is CC(C)(C)NCc1cnc(Cc2ccccc2)s1. The molecule has 18 heavy (non-hydrogen) atoms. The predicted molar refractivity (Wildman–Crippen MR) is 78.0 cm³/mol. The molecule has 0 spiro atoms. The number of hydrogen-bond donors (Lipinski definition) is 1. The lowest BCUT2D eigenvalue weighted by atomic mass is 10.1. The third-order valence-electron chi connectivity index (χ3n) is 2.59. The summed E-state index contributed by atoms with van der Waals surface area (Å²) in [6.07, 6.45) is 2.92. The Kier molecular flexibility index (Phi) is 4.15. The van der Waals surface area contributed by atoms with Gasteiger partial charge >= 0.3 is 0 Å². The van der Waals surface area contributed by atoms with Crippen molar-refractivity contribution in [3.63, 3.8) is 0 Å². The van der Waals surface area contributed by atoms with Crippen molar-refractivity contribution >= 4 is 11.3 Å². The van der Waals surface area contributed by atoms with E-state index in [4.69, 9.17) is 0 Å². The average Bonchev–Trinajstić information content (AvgIpc) is 2.75. The Bertz CT molecular complexity index is 483. The van der Waals surface area contributed by atoms with Crippen LogP contribution in [0.25, 0.3) is 0 Å². The Balaban J connectivity index is 1.94. The van der Waals surface area contributed by atoms with Gasteiger partial charge in [0.25, 0.3) is 0 Å². The van der Waals surface area contributed by atoms with Gasteiger partial charge in [0.2, 0.25) is 0 Å². The first kappa shape index (κ1) is 13.2. The molecule has 3 heteroatoms. The lowest BCUT2D eigenvalue weighted by Gasteiger charge is -2.19. The van der Waals surface area contributed by atoms with Crippen LogP contribution in [0.5, 0.6) is 0 Å². The molecule has 1 N–H and O–H groups in total. The molecule has 0 saturated carbocycles. The summed E-state index contributed by atoms with van der Waals surface area (Å²) >= 11 is 1.79. The van der Waals surface area contributed by atoms with Gasteiger partial charge in [-0.15, -0.1) is 11.3 Å². The molecule has 0 radical (unpaired) electrons. The largest absolute Gasteiger partial charge is 0.307 e. The predicted octanol–water partition coefficient (Wildman–Crippen LogP) is 3.62. The number of benzene rings is 1. The van der Waals surface area contributed by atoms with Gasteiger partial charge in [0, 0.05) is 29.6 Å². The van der Waals surface area contributed by atoms with E-state index in [1.54, 1.807) is 11.3 Å². The third kappa shape index (κ3) is 4.24. The van der Waals surface area contributed by atoms with Gasteiger partial charge in [-0.2, -0.15) is 0 Å². The van der Waals surface area contributed by atoms with Crippen molar-refractivity contribution in [1.29, 1.82) is 0 Å². The summed E-state index contributed by atoms with van der Waals surface area (Å²) in [6.45, 7) is 7.44. The average molecular weight is 260 g/mol. The van der Waals surface area contributed by atoms with Crippen LogP contribution in [0.2, 0.25) is 0 Å². The number of nitrogens with zero attached hydrogens (tertiary/aromatic N) is 1. The first-order valence-corrected chi connectivity index (χ1v) is 7.07. The van der Waals surface area contributed by atoms with Gasteiger partial charge in [-0.1, -0.05) is 30.3 Å². The minimum absolute atomic E-state index is 0.156. The molecule has 2 rings (SSSR count). The van der Waals surface area contributed by atoms with Crippen molar-refractivity contribution in [1.82, 2.24) is 10.3 Å². The minimum Gasteiger partial charge on any atom is -0.307 e. The van der Waals surface area contributed by atoms with Crippen LogP contribution in [-0.4, -0.2) is 10.5 Å². The summed E-state index contributed by atoms with van der Waals surface area (Å²) in [6, 6.07) is 10.5. The normalized spacial score (nSPS) is 11.7. The highest BCUT2D eigenvalue weighted by atomic mass is 32.1. The minimum atomic E-state index is 0.156. The zero-order valence-corrected chi connectivity index (χ0v) is 12.1. The second kappa shape index (κ2) is 5.63. The van der Waals surface area contributed by atoms with Gasteiger partial charge in [-0.3, -0.25) is 0 Å². The van der Waals surface area contributed by atoms with E-state index >= 15 is 0 Å². The maximum absolute atomic E-state index is 4.49. The topological polar surface area (TPSA) is 24.9 Å². The van der Waals surface area contributed by atoms with Crippen molar-refractivity contribution in [3.05, 3.63) is 52.0 Å². The van der Waals surface area contributed by atoms with Crippen molar-refractivity contribution in [2.75, 3.05) is 0 Å². The van der Waals surface area contributed by atoms with Crippen LogP contribution >= 0.6 is 11.3 Å². The lowest BCUT2D eigenvalue weighted by molar-refractivity contribution is 0.426. The molecule has 1 heterocycles. The van der Waals surface area contributed by atoms with Crippen molar-refractivity contribution < 1.29 is 0 Å². The molecule has 0 aliphatic carbocycles. The Morgan fingerprint density at radius 2 is 1.89 bits per heavy atom. The maximum atomic E-state index is 4.49. The fourth-order valence-electron chi connectivity index (χ4n) is 1.63. The van der Waals surface area contributed by atoms with Crippen molar-refractivity contribution in [2.24, 2.45) is 0 Å².